The molecule has 0 aromatic heterocycles. The van der Waals surface area contributed by atoms with E-state index in [-0.39, 0.29) is 11.9 Å². The Kier molecular flexibility index (Phi) is 5.26. The number of amides is 1. The van der Waals surface area contributed by atoms with Gasteiger partial charge in [-0.05, 0) is 26.0 Å². The van der Waals surface area contributed by atoms with Gasteiger partial charge in [0.1, 0.15) is 0 Å². The van der Waals surface area contributed by atoms with Gasteiger partial charge < -0.3 is 15.1 Å². The number of nitrogens with one attached hydrogen (secondary N) is 2. The van der Waals surface area contributed by atoms with Gasteiger partial charge in [-0.3, -0.25) is 4.79 Å². The molecule has 5 heteroatoms. The largest absolute Gasteiger partial charge is 0.359 e. The predicted octanol–water partition coefficient (Wildman–Crippen LogP) is 0.570. The van der Waals surface area contributed by atoms with Gasteiger partial charge in [0.05, 0.1) is 36.9 Å². The van der Waals surface area contributed by atoms with Crippen LogP contribution in [-0.2, 0) is 4.79 Å². The lowest BCUT2D eigenvalue weighted by Gasteiger charge is -2.36. The van der Waals surface area contributed by atoms with Crippen LogP contribution in [0.1, 0.15) is 13.8 Å². The van der Waals surface area contributed by atoms with Crippen LogP contribution in [0, 0.1) is 0 Å². The zero-order chi connectivity index (χ0) is 14.5. The highest BCUT2D eigenvalue weighted by Crippen LogP contribution is 2.24. The molecule has 1 aromatic carbocycles. The maximum atomic E-state index is 11.9. The number of hydrogen-bond acceptors (Lipinski definition) is 2. The van der Waals surface area contributed by atoms with Gasteiger partial charge in [-0.1, -0.05) is 23.7 Å². The molecule has 0 spiro atoms. The molecule has 4 nitrogen and oxygen atoms in total. The van der Waals surface area contributed by atoms with Crippen molar-refractivity contribution in [2.24, 2.45) is 0 Å². The number of para-hydroxylation sites is 1. The molecule has 1 heterocycles. The van der Waals surface area contributed by atoms with Gasteiger partial charge in [0.25, 0.3) is 5.91 Å². The van der Waals surface area contributed by atoms with Crippen molar-refractivity contribution in [1.29, 1.82) is 0 Å². The van der Waals surface area contributed by atoms with Crippen LogP contribution in [0.4, 0.5) is 5.69 Å². The van der Waals surface area contributed by atoms with Crippen molar-refractivity contribution >= 4 is 23.2 Å². The standard InChI is InChI=1S/C15H22ClN3O/c1-3-17-15(20)12(2)18-8-10-19(11-9-18)14-7-5-4-6-13(14)16/h4-7,12H,3,8-11H2,1-2H3,(H,17,20)/p+1/t12-/m0/s1. The first-order valence-corrected chi connectivity index (χ1v) is 7.63. The van der Waals surface area contributed by atoms with Crippen LogP contribution in [0.2, 0.25) is 5.02 Å². The zero-order valence-corrected chi connectivity index (χ0v) is 12.9. The third-order valence-corrected chi connectivity index (χ3v) is 4.28. The Morgan fingerprint density at radius 2 is 2.05 bits per heavy atom. The van der Waals surface area contributed by atoms with Crippen LogP contribution in [0.3, 0.4) is 0 Å². The molecule has 1 atom stereocenters. The number of anilines is 1. The first-order valence-electron chi connectivity index (χ1n) is 7.25. The lowest BCUT2D eigenvalue weighted by atomic mass is 10.2. The quantitative estimate of drug-likeness (QED) is 0.852. The summed E-state index contributed by atoms with van der Waals surface area (Å²) in [5.74, 6) is 0.147. The highest BCUT2D eigenvalue weighted by Gasteiger charge is 2.29. The summed E-state index contributed by atoms with van der Waals surface area (Å²) in [6, 6.07) is 7.96. The Hall–Kier alpha value is -1.26. The van der Waals surface area contributed by atoms with Gasteiger partial charge in [0, 0.05) is 6.54 Å². The molecule has 1 amide bonds. The van der Waals surface area contributed by atoms with Crippen LogP contribution in [0.25, 0.3) is 0 Å². The van der Waals surface area contributed by atoms with E-state index in [4.69, 9.17) is 11.6 Å². The number of hydrogen-bond donors (Lipinski definition) is 2. The average molecular weight is 297 g/mol. The lowest BCUT2D eigenvalue weighted by molar-refractivity contribution is -0.914. The van der Waals surface area contributed by atoms with Crippen molar-refractivity contribution in [1.82, 2.24) is 5.32 Å². The summed E-state index contributed by atoms with van der Waals surface area (Å²) in [5.41, 5.74) is 1.10. The zero-order valence-electron chi connectivity index (χ0n) is 12.2. The van der Waals surface area contributed by atoms with E-state index >= 15 is 0 Å². The molecule has 1 aromatic rings. The second-order valence-electron chi connectivity index (χ2n) is 5.21. The van der Waals surface area contributed by atoms with Crippen molar-refractivity contribution in [2.75, 3.05) is 37.6 Å². The van der Waals surface area contributed by atoms with Crippen molar-refractivity contribution in [2.45, 2.75) is 19.9 Å². The van der Waals surface area contributed by atoms with Gasteiger partial charge >= 0.3 is 0 Å². The maximum absolute atomic E-state index is 11.9. The minimum atomic E-state index is 0.0170. The lowest BCUT2D eigenvalue weighted by Crippen LogP contribution is -3.19. The number of quaternary nitrogens is 1. The third-order valence-electron chi connectivity index (χ3n) is 3.96. The molecule has 110 valence electrons. The normalized spacial score (nSPS) is 17.9. The van der Waals surface area contributed by atoms with E-state index < -0.39 is 0 Å². The van der Waals surface area contributed by atoms with Crippen LogP contribution >= 0.6 is 11.6 Å². The number of carbonyl (C=O) groups excluding carboxylic acids is 1. The average Bonchev–Trinajstić information content (AvgIpc) is 2.47. The Bertz CT molecular complexity index is 458. The van der Waals surface area contributed by atoms with E-state index in [1.54, 1.807) is 0 Å². The SMILES string of the molecule is CCNC(=O)[C@H](C)[NH+]1CCN(c2ccccc2Cl)CC1. The van der Waals surface area contributed by atoms with Gasteiger partial charge in [0.15, 0.2) is 6.04 Å². The molecule has 0 radical (unpaired) electrons. The van der Waals surface area contributed by atoms with E-state index in [0.29, 0.717) is 6.54 Å². The Balaban J connectivity index is 1.92. The highest BCUT2D eigenvalue weighted by molar-refractivity contribution is 6.33. The first-order chi connectivity index (χ1) is 9.63. The Labute approximate surface area is 125 Å². The summed E-state index contributed by atoms with van der Waals surface area (Å²) in [4.78, 5) is 15.5. The molecule has 0 unspecified atom stereocenters. The molecule has 2 rings (SSSR count). The fourth-order valence-electron chi connectivity index (χ4n) is 2.69. The summed E-state index contributed by atoms with van der Waals surface area (Å²) in [6.07, 6.45) is 0. The Morgan fingerprint density at radius 1 is 1.40 bits per heavy atom. The van der Waals surface area contributed by atoms with Gasteiger partial charge in [-0.2, -0.15) is 0 Å². The molecule has 0 saturated carbocycles. The second kappa shape index (κ2) is 6.95. The van der Waals surface area contributed by atoms with Crippen molar-refractivity contribution in [3.8, 4) is 0 Å². The molecule has 20 heavy (non-hydrogen) atoms. The van der Waals surface area contributed by atoms with E-state index in [1.807, 2.05) is 32.0 Å². The van der Waals surface area contributed by atoms with E-state index in [1.165, 1.54) is 4.90 Å². The van der Waals surface area contributed by atoms with E-state index in [0.717, 1.165) is 36.9 Å². The molecule has 1 aliphatic rings. The molecule has 1 aliphatic heterocycles. The topological polar surface area (TPSA) is 36.8 Å². The number of benzene rings is 1. The summed E-state index contributed by atoms with van der Waals surface area (Å²) in [7, 11) is 0. The van der Waals surface area contributed by atoms with Crippen molar-refractivity contribution in [3.63, 3.8) is 0 Å². The number of halogens is 1. The fourth-order valence-corrected chi connectivity index (χ4v) is 2.94. The molecule has 2 N–H and O–H groups in total. The second-order valence-corrected chi connectivity index (χ2v) is 5.62. The van der Waals surface area contributed by atoms with E-state index in [9.17, 15) is 4.79 Å². The van der Waals surface area contributed by atoms with Crippen LogP contribution in [-0.4, -0.2) is 44.7 Å². The van der Waals surface area contributed by atoms with Gasteiger partial charge in [-0.25, -0.2) is 0 Å². The van der Waals surface area contributed by atoms with Crippen LogP contribution in [0.15, 0.2) is 24.3 Å². The summed E-state index contributed by atoms with van der Waals surface area (Å²) >= 11 is 6.24. The number of carbonyl (C=O) groups is 1. The molecular weight excluding hydrogens is 274 g/mol. The number of nitrogens with zero attached hydrogens (tertiary/aromatic N) is 1. The van der Waals surface area contributed by atoms with Crippen molar-refractivity contribution < 1.29 is 9.69 Å². The number of rotatable bonds is 4. The third kappa shape index (κ3) is 3.44. The van der Waals surface area contributed by atoms with Crippen LogP contribution in [0.5, 0.6) is 0 Å². The molecular formula is C15H23ClN3O+. The fraction of sp³-hybridized carbons (Fsp3) is 0.533. The minimum Gasteiger partial charge on any atom is -0.359 e. The van der Waals surface area contributed by atoms with Gasteiger partial charge in [0.2, 0.25) is 0 Å². The van der Waals surface area contributed by atoms with E-state index in [2.05, 4.69) is 16.3 Å². The molecule has 1 fully saturated rings. The summed E-state index contributed by atoms with van der Waals surface area (Å²) in [6.45, 7) is 8.45. The highest BCUT2D eigenvalue weighted by atomic mass is 35.5. The molecule has 1 saturated heterocycles. The summed E-state index contributed by atoms with van der Waals surface area (Å²) < 4.78 is 0. The van der Waals surface area contributed by atoms with Crippen molar-refractivity contribution in [3.05, 3.63) is 29.3 Å². The van der Waals surface area contributed by atoms with Crippen LogP contribution < -0.4 is 15.1 Å². The molecule has 0 aliphatic carbocycles. The van der Waals surface area contributed by atoms with Gasteiger partial charge in [-0.15, -0.1) is 0 Å². The number of likely N-dealkylation sites (N-methyl/N-ethyl adjacent to an activating group) is 1. The maximum Gasteiger partial charge on any atom is 0.278 e. The summed E-state index contributed by atoms with van der Waals surface area (Å²) in [5, 5.41) is 3.70. The predicted molar refractivity (Wildman–Crippen MR) is 82.5 cm³/mol. The first kappa shape index (κ1) is 15.1. The number of piperazine rings is 1. The minimum absolute atomic E-state index is 0.0170. The smallest absolute Gasteiger partial charge is 0.278 e. The monoisotopic (exact) mass is 296 g/mol. The Morgan fingerprint density at radius 3 is 2.65 bits per heavy atom. The molecule has 0 bridgehead atoms.